The van der Waals surface area contributed by atoms with Gasteiger partial charge in [0.2, 0.25) is 0 Å². The van der Waals surface area contributed by atoms with Crippen LogP contribution in [-0.2, 0) is 4.79 Å². The average molecular weight is 375 g/mol. The Bertz CT molecular complexity index is 498. The minimum Gasteiger partial charge on any atom is -0.300 e. The fourth-order valence-corrected chi connectivity index (χ4v) is 6.60. The third kappa shape index (κ3) is 4.29. The van der Waals surface area contributed by atoms with Crippen molar-refractivity contribution in [2.75, 3.05) is 26.2 Å². The topological polar surface area (TPSA) is 23.6 Å². The van der Waals surface area contributed by atoms with Gasteiger partial charge in [0, 0.05) is 23.9 Å². The standard InChI is InChI=1S/C24H42N2O/c1-18(2)23(27)20-4-10-24(11-5-20)16-22(17-24)26-14-8-21(9-15-26)25-12-6-19(3)7-13-25/h18-22H,4-17H2,1-3H3/t20-,22-,24?. The van der Waals surface area contributed by atoms with Gasteiger partial charge >= 0.3 is 0 Å². The summed E-state index contributed by atoms with van der Waals surface area (Å²) in [6.45, 7) is 11.9. The molecule has 27 heavy (non-hydrogen) atoms. The van der Waals surface area contributed by atoms with Crippen LogP contribution < -0.4 is 0 Å². The molecule has 2 saturated carbocycles. The first-order valence-corrected chi connectivity index (χ1v) is 12.0. The molecule has 2 heterocycles. The van der Waals surface area contributed by atoms with Gasteiger partial charge in [0.15, 0.2) is 0 Å². The molecule has 3 heteroatoms. The fourth-order valence-electron chi connectivity index (χ4n) is 6.60. The molecule has 0 radical (unpaired) electrons. The van der Waals surface area contributed by atoms with Crippen molar-refractivity contribution < 1.29 is 4.79 Å². The zero-order valence-corrected chi connectivity index (χ0v) is 18.1. The van der Waals surface area contributed by atoms with Crippen LogP contribution in [-0.4, -0.2) is 53.8 Å². The van der Waals surface area contributed by atoms with E-state index in [1.165, 1.54) is 90.4 Å². The first-order chi connectivity index (χ1) is 13.0. The minimum atomic E-state index is 0.225. The van der Waals surface area contributed by atoms with Crippen molar-refractivity contribution in [3.8, 4) is 0 Å². The molecule has 0 unspecified atom stereocenters. The minimum absolute atomic E-state index is 0.225. The smallest absolute Gasteiger partial charge is 0.138 e. The van der Waals surface area contributed by atoms with Gasteiger partial charge in [0.25, 0.3) is 0 Å². The maximum atomic E-state index is 12.3. The van der Waals surface area contributed by atoms with E-state index in [-0.39, 0.29) is 5.92 Å². The number of hydrogen-bond donors (Lipinski definition) is 0. The summed E-state index contributed by atoms with van der Waals surface area (Å²) in [7, 11) is 0. The first-order valence-electron chi connectivity index (χ1n) is 12.0. The van der Waals surface area contributed by atoms with Gasteiger partial charge < -0.3 is 9.80 Å². The molecule has 2 aliphatic carbocycles. The van der Waals surface area contributed by atoms with Gasteiger partial charge in [-0.25, -0.2) is 0 Å². The zero-order valence-electron chi connectivity index (χ0n) is 18.1. The Hall–Kier alpha value is -0.410. The predicted octanol–water partition coefficient (Wildman–Crippen LogP) is 4.75. The van der Waals surface area contributed by atoms with Gasteiger partial charge in [-0.2, -0.15) is 0 Å². The van der Waals surface area contributed by atoms with Gasteiger partial charge in [-0.1, -0.05) is 20.8 Å². The van der Waals surface area contributed by atoms with Gasteiger partial charge in [0.05, 0.1) is 0 Å². The third-order valence-corrected chi connectivity index (χ3v) is 8.71. The summed E-state index contributed by atoms with van der Waals surface area (Å²) in [6.07, 6.45) is 13.4. The molecule has 0 aromatic carbocycles. The lowest BCUT2D eigenvalue weighted by Gasteiger charge is -2.56. The molecule has 154 valence electrons. The second-order valence-electron chi connectivity index (χ2n) is 10.9. The normalized spacial score (nSPS) is 37.6. The summed E-state index contributed by atoms with van der Waals surface area (Å²) in [6, 6.07) is 1.71. The van der Waals surface area contributed by atoms with Crippen molar-refractivity contribution in [3.05, 3.63) is 0 Å². The quantitative estimate of drug-likeness (QED) is 0.710. The number of rotatable bonds is 4. The molecule has 0 N–H and O–H groups in total. The Morgan fingerprint density at radius 2 is 1.33 bits per heavy atom. The monoisotopic (exact) mass is 374 g/mol. The second-order valence-corrected chi connectivity index (χ2v) is 10.9. The van der Waals surface area contributed by atoms with Gasteiger partial charge in [-0.3, -0.25) is 4.79 Å². The van der Waals surface area contributed by atoms with Crippen LogP contribution in [0.5, 0.6) is 0 Å². The molecule has 4 aliphatic rings. The lowest BCUT2D eigenvalue weighted by Crippen LogP contribution is -2.56. The molecule has 2 saturated heterocycles. The number of likely N-dealkylation sites (tertiary alicyclic amines) is 2. The van der Waals surface area contributed by atoms with Gasteiger partial charge in [0.1, 0.15) is 5.78 Å². The Balaban J connectivity index is 1.18. The summed E-state index contributed by atoms with van der Waals surface area (Å²) < 4.78 is 0. The number of piperidine rings is 2. The SMILES string of the molecule is CC1CCN(C2CCN([C@H]3CC4(CC[C@H](C(=O)C(C)C)CC4)C3)CC2)CC1. The summed E-state index contributed by atoms with van der Waals surface area (Å²) in [4.78, 5) is 17.9. The van der Waals surface area contributed by atoms with Crippen LogP contribution in [0.15, 0.2) is 0 Å². The van der Waals surface area contributed by atoms with E-state index in [1.54, 1.807) is 0 Å². The largest absolute Gasteiger partial charge is 0.300 e. The van der Waals surface area contributed by atoms with Crippen LogP contribution in [0.2, 0.25) is 0 Å². The number of nitrogens with zero attached hydrogens (tertiary/aromatic N) is 2. The van der Waals surface area contributed by atoms with Crippen molar-refractivity contribution in [1.82, 2.24) is 9.80 Å². The highest BCUT2D eigenvalue weighted by Gasteiger charge is 2.49. The molecule has 3 nitrogen and oxygen atoms in total. The maximum Gasteiger partial charge on any atom is 0.138 e. The Morgan fingerprint density at radius 1 is 0.815 bits per heavy atom. The molecule has 0 aromatic rings. The number of Topliss-reactive ketones (excluding diaryl/α,β-unsaturated/α-hetero) is 1. The lowest BCUT2D eigenvalue weighted by atomic mass is 9.56. The van der Waals surface area contributed by atoms with Crippen molar-refractivity contribution in [2.45, 2.75) is 97.1 Å². The highest BCUT2D eigenvalue weighted by Crippen LogP contribution is 2.54. The fraction of sp³-hybridized carbons (Fsp3) is 0.958. The molecule has 4 fully saturated rings. The third-order valence-electron chi connectivity index (χ3n) is 8.71. The molecular weight excluding hydrogens is 332 g/mol. The van der Waals surface area contributed by atoms with Crippen LogP contribution in [0, 0.1) is 23.2 Å². The number of hydrogen-bond acceptors (Lipinski definition) is 3. The van der Waals surface area contributed by atoms with Crippen LogP contribution >= 0.6 is 0 Å². The molecule has 4 rings (SSSR count). The number of carbonyl (C=O) groups excluding carboxylic acids is 1. The van der Waals surface area contributed by atoms with E-state index in [1.807, 2.05) is 0 Å². The van der Waals surface area contributed by atoms with Gasteiger partial charge in [-0.15, -0.1) is 0 Å². The van der Waals surface area contributed by atoms with E-state index in [9.17, 15) is 4.79 Å². The molecule has 0 amide bonds. The summed E-state index contributed by atoms with van der Waals surface area (Å²) in [5, 5.41) is 0. The first kappa shape index (κ1) is 19.9. The number of carbonyl (C=O) groups is 1. The average Bonchev–Trinajstić information content (AvgIpc) is 2.66. The van der Waals surface area contributed by atoms with Gasteiger partial charge in [-0.05, 0) is 102 Å². The summed E-state index contributed by atoms with van der Waals surface area (Å²) in [5.74, 6) is 2.06. The van der Waals surface area contributed by atoms with Crippen molar-refractivity contribution >= 4 is 5.78 Å². The van der Waals surface area contributed by atoms with Crippen LogP contribution in [0.3, 0.4) is 0 Å². The molecular formula is C24H42N2O. The van der Waals surface area contributed by atoms with E-state index in [2.05, 4.69) is 30.6 Å². The highest BCUT2D eigenvalue weighted by molar-refractivity contribution is 5.82. The van der Waals surface area contributed by atoms with Crippen LogP contribution in [0.25, 0.3) is 0 Å². The summed E-state index contributed by atoms with van der Waals surface area (Å²) >= 11 is 0. The van der Waals surface area contributed by atoms with E-state index >= 15 is 0 Å². The van der Waals surface area contributed by atoms with Crippen molar-refractivity contribution in [2.24, 2.45) is 23.2 Å². The van der Waals surface area contributed by atoms with E-state index in [4.69, 9.17) is 0 Å². The molecule has 1 spiro atoms. The number of ketones is 1. The Kier molecular flexibility index (Phi) is 6.00. The summed E-state index contributed by atoms with van der Waals surface area (Å²) in [5.41, 5.74) is 0.609. The van der Waals surface area contributed by atoms with Crippen LogP contribution in [0.1, 0.15) is 85.0 Å². The highest BCUT2D eigenvalue weighted by atomic mass is 16.1. The molecule has 0 atom stereocenters. The second kappa shape index (κ2) is 8.14. The molecule has 0 aromatic heterocycles. The van der Waals surface area contributed by atoms with Crippen LogP contribution in [0.4, 0.5) is 0 Å². The Labute approximate surface area is 167 Å². The predicted molar refractivity (Wildman–Crippen MR) is 112 cm³/mol. The van der Waals surface area contributed by atoms with E-state index < -0.39 is 0 Å². The van der Waals surface area contributed by atoms with Crippen molar-refractivity contribution in [3.63, 3.8) is 0 Å². The molecule has 2 aliphatic heterocycles. The lowest BCUT2D eigenvalue weighted by molar-refractivity contribution is -0.129. The molecule has 0 bridgehead atoms. The maximum absolute atomic E-state index is 12.3. The van der Waals surface area contributed by atoms with E-state index in [0.717, 1.165) is 18.0 Å². The van der Waals surface area contributed by atoms with Crippen molar-refractivity contribution in [1.29, 1.82) is 0 Å². The Morgan fingerprint density at radius 3 is 1.89 bits per heavy atom. The van der Waals surface area contributed by atoms with E-state index in [0.29, 0.717) is 17.1 Å². The zero-order chi connectivity index (χ0) is 19.0.